The van der Waals surface area contributed by atoms with Gasteiger partial charge in [-0.3, -0.25) is 4.79 Å². The highest BCUT2D eigenvalue weighted by atomic mass is 35.5. The number of hydrogen-bond acceptors (Lipinski definition) is 5. The Morgan fingerprint density at radius 1 is 0.909 bits per heavy atom. The molecule has 0 bridgehead atoms. The lowest BCUT2D eigenvalue weighted by atomic mass is 10.1. The number of amides is 1. The third kappa shape index (κ3) is 6.51. The monoisotopic (exact) mass is 485 g/mol. The molecule has 6 nitrogen and oxygen atoms in total. The minimum Gasteiger partial charge on any atom is -0.493 e. The van der Waals surface area contributed by atoms with Crippen LogP contribution in [0.4, 0.5) is 5.69 Å². The number of carbonyl (C=O) groups excluding carboxylic acids is 2. The lowest BCUT2D eigenvalue weighted by Gasteiger charge is -2.17. The Hall–Kier alpha value is -3.48. The van der Waals surface area contributed by atoms with Gasteiger partial charge >= 0.3 is 5.97 Å². The molecule has 3 aromatic carbocycles. The minimum atomic E-state index is -1.20. The molecule has 0 fully saturated rings. The first-order valence-corrected chi connectivity index (χ1v) is 10.6. The van der Waals surface area contributed by atoms with Crippen LogP contribution in [-0.4, -0.2) is 26.1 Å². The van der Waals surface area contributed by atoms with Crippen LogP contribution >= 0.6 is 23.2 Å². The highest BCUT2D eigenvalue weighted by Crippen LogP contribution is 2.31. The summed E-state index contributed by atoms with van der Waals surface area (Å²) in [6.45, 7) is 0. The maximum Gasteiger partial charge on any atom is 0.331 e. The van der Waals surface area contributed by atoms with Crippen molar-refractivity contribution in [3.05, 3.63) is 94.0 Å². The summed E-state index contributed by atoms with van der Waals surface area (Å²) < 4.78 is 16.1. The first-order valence-electron chi connectivity index (χ1n) is 9.83. The third-order valence-corrected chi connectivity index (χ3v) is 4.97. The zero-order chi connectivity index (χ0) is 23.8. The SMILES string of the molecule is COc1cccc(C=CC(=O)OC(C(=O)Nc2cc(Cl)cc(Cl)c2)c2ccccc2)c1OC. The van der Waals surface area contributed by atoms with Gasteiger partial charge in [-0.2, -0.15) is 0 Å². The van der Waals surface area contributed by atoms with E-state index in [1.165, 1.54) is 26.4 Å². The van der Waals surface area contributed by atoms with Crippen LogP contribution in [0.5, 0.6) is 11.5 Å². The summed E-state index contributed by atoms with van der Waals surface area (Å²) in [5.41, 5.74) is 1.50. The number of ether oxygens (including phenoxy) is 3. The fourth-order valence-corrected chi connectivity index (χ4v) is 3.62. The van der Waals surface area contributed by atoms with Crippen molar-refractivity contribution in [1.82, 2.24) is 0 Å². The highest BCUT2D eigenvalue weighted by Gasteiger charge is 2.24. The topological polar surface area (TPSA) is 73.9 Å². The molecule has 0 aliphatic heterocycles. The number of nitrogens with one attached hydrogen (secondary N) is 1. The van der Waals surface area contributed by atoms with Crippen LogP contribution in [0.2, 0.25) is 10.0 Å². The molecule has 170 valence electrons. The fraction of sp³-hybridized carbons (Fsp3) is 0.120. The number of para-hydroxylation sites is 1. The second kappa shape index (κ2) is 11.4. The van der Waals surface area contributed by atoms with Gasteiger partial charge in [0.15, 0.2) is 11.5 Å². The average molecular weight is 486 g/mol. The number of carbonyl (C=O) groups is 2. The second-order valence-corrected chi connectivity index (χ2v) is 7.66. The van der Waals surface area contributed by atoms with E-state index < -0.39 is 18.0 Å². The molecule has 0 aliphatic rings. The number of benzene rings is 3. The number of hydrogen-bond donors (Lipinski definition) is 1. The molecule has 0 spiro atoms. The van der Waals surface area contributed by atoms with Crippen LogP contribution in [0.1, 0.15) is 17.2 Å². The molecule has 1 atom stereocenters. The Balaban J connectivity index is 1.82. The van der Waals surface area contributed by atoms with E-state index >= 15 is 0 Å². The summed E-state index contributed by atoms with van der Waals surface area (Å²) >= 11 is 12.0. The lowest BCUT2D eigenvalue weighted by Crippen LogP contribution is -2.25. The van der Waals surface area contributed by atoms with Crippen molar-refractivity contribution >= 4 is 46.8 Å². The molecule has 33 heavy (non-hydrogen) atoms. The van der Waals surface area contributed by atoms with Crippen LogP contribution < -0.4 is 14.8 Å². The van der Waals surface area contributed by atoms with Gasteiger partial charge in [0.25, 0.3) is 5.91 Å². The number of methoxy groups -OCH3 is 2. The fourth-order valence-electron chi connectivity index (χ4n) is 3.09. The van der Waals surface area contributed by atoms with Crippen molar-refractivity contribution in [3.8, 4) is 11.5 Å². The van der Waals surface area contributed by atoms with Crippen LogP contribution in [0, 0.1) is 0 Å². The van der Waals surface area contributed by atoms with Crippen molar-refractivity contribution in [3.63, 3.8) is 0 Å². The number of esters is 1. The van der Waals surface area contributed by atoms with Crippen molar-refractivity contribution in [2.24, 2.45) is 0 Å². The molecule has 0 aliphatic carbocycles. The Morgan fingerprint density at radius 2 is 1.61 bits per heavy atom. The van der Waals surface area contributed by atoms with Crippen LogP contribution in [0.15, 0.2) is 72.8 Å². The average Bonchev–Trinajstić information content (AvgIpc) is 2.80. The quantitative estimate of drug-likeness (QED) is 0.315. The summed E-state index contributed by atoms with van der Waals surface area (Å²) in [7, 11) is 3.03. The van der Waals surface area contributed by atoms with Crippen molar-refractivity contribution in [1.29, 1.82) is 0 Å². The number of anilines is 1. The Kier molecular flexibility index (Phi) is 8.35. The van der Waals surface area contributed by atoms with E-state index in [1.54, 1.807) is 66.7 Å². The van der Waals surface area contributed by atoms with Gasteiger partial charge in [-0.05, 0) is 30.3 Å². The van der Waals surface area contributed by atoms with Gasteiger partial charge in [0.05, 0.1) is 14.2 Å². The van der Waals surface area contributed by atoms with E-state index in [9.17, 15) is 9.59 Å². The highest BCUT2D eigenvalue weighted by molar-refractivity contribution is 6.35. The van der Waals surface area contributed by atoms with Gasteiger partial charge in [0, 0.05) is 32.9 Å². The molecule has 1 amide bonds. The molecule has 0 aromatic heterocycles. The van der Waals surface area contributed by atoms with Crippen molar-refractivity contribution < 1.29 is 23.8 Å². The number of halogens is 2. The van der Waals surface area contributed by atoms with E-state index in [2.05, 4.69) is 5.32 Å². The Labute approximate surface area is 201 Å². The predicted octanol–water partition coefficient (Wildman–Crippen LogP) is 5.95. The van der Waals surface area contributed by atoms with Gasteiger partial charge in [0.1, 0.15) is 0 Å². The van der Waals surface area contributed by atoms with E-state index in [1.807, 2.05) is 0 Å². The van der Waals surface area contributed by atoms with Gasteiger partial charge < -0.3 is 19.5 Å². The minimum absolute atomic E-state index is 0.362. The zero-order valence-corrected chi connectivity index (χ0v) is 19.4. The first kappa shape index (κ1) is 24.2. The summed E-state index contributed by atoms with van der Waals surface area (Å²) in [6.07, 6.45) is 1.55. The predicted molar refractivity (Wildman–Crippen MR) is 129 cm³/mol. The summed E-state index contributed by atoms with van der Waals surface area (Å²) in [6, 6.07) is 18.6. The van der Waals surface area contributed by atoms with Gasteiger partial charge in [0.2, 0.25) is 6.10 Å². The summed E-state index contributed by atoms with van der Waals surface area (Å²) in [5.74, 6) is -0.276. The normalized spacial score (nSPS) is 11.6. The first-order chi connectivity index (χ1) is 15.9. The molecular formula is C25H21Cl2NO5. The molecule has 3 aromatic rings. The van der Waals surface area contributed by atoms with Crippen molar-refractivity contribution in [2.45, 2.75) is 6.10 Å². The molecule has 1 N–H and O–H groups in total. The molecule has 0 radical (unpaired) electrons. The smallest absolute Gasteiger partial charge is 0.331 e. The third-order valence-electron chi connectivity index (χ3n) is 4.54. The number of rotatable bonds is 8. The molecule has 0 saturated carbocycles. The Bertz CT molecular complexity index is 1140. The van der Waals surface area contributed by atoms with Gasteiger partial charge in [-0.25, -0.2) is 4.79 Å². The van der Waals surface area contributed by atoms with Gasteiger partial charge in [-0.15, -0.1) is 0 Å². The molecule has 8 heteroatoms. The standard InChI is InChI=1S/C25H21Cl2NO5/c1-31-21-10-6-9-17(23(21)32-2)11-12-22(29)33-24(16-7-4-3-5-8-16)25(30)28-20-14-18(26)13-19(27)15-20/h3-15,24H,1-2H3,(H,28,30). The molecule has 0 saturated heterocycles. The van der Waals surface area contributed by atoms with E-state index in [4.69, 9.17) is 37.4 Å². The maximum atomic E-state index is 13.0. The molecule has 1 unspecified atom stereocenters. The summed E-state index contributed by atoms with van der Waals surface area (Å²) in [5, 5.41) is 3.41. The van der Waals surface area contributed by atoms with Gasteiger partial charge in [-0.1, -0.05) is 65.7 Å². The zero-order valence-electron chi connectivity index (χ0n) is 17.9. The van der Waals surface area contributed by atoms with Crippen LogP contribution in [0.25, 0.3) is 6.08 Å². The van der Waals surface area contributed by atoms with E-state index in [-0.39, 0.29) is 0 Å². The molecule has 0 heterocycles. The lowest BCUT2D eigenvalue weighted by molar-refractivity contribution is -0.149. The van der Waals surface area contributed by atoms with E-state index in [0.717, 1.165) is 0 Å². The molecular weight excluding hydrogens is 465 g/mol. The summed E-state index contributed by atoms with van der Waals surface area (Å²) in [4.78, 5) is 25.6. The Morgan fingerprint density at radius 3 is 2.24 bits per heavy atom. The largest absolute Gasteiger partial charge is 0.493 e. The van der Waals surface area contributed by atoms with Crippen LogP contribution in [-0.2, 0) is 14.3 Å². The molecule has 3 rings (SSSR count). The van der Waals surface area contributed by atoms with Crippen molar-refractivity contribution in [2.75, 3.05) is 19.5 Å². The second-order valence-electron chi connectivity index (χ2n) is 6.79. The maximum absolute atomic E-state index is 13.0. The van der Waals surface area contributed by atoms with E-state index in [0.29, 0.717) is 38.4 Å². The van der Waals surface area contributed by atoms with Crippen LogP contribution in [0.3, 0.4) is 0 Å².